The monoisotopic (exact) mass is 377 g/mol. The van der Waals surface area contributed by atoms with Gasteiger partial charge in [0.05, 0.1) is 4.90 Å². The Hall–Kier alpha value is -1.66. The van der Waals surface area contributed by atoms with Crippen molar-refractivity contribution in [1.29, 1.82) is 0 Å². The highest BCUT2D eigenvalue weighted by atomic mass is 32.2. The van der Waals surface area contributed by atoms with E-state index in [4.69, 9.17) is 5.11 Å². The molecule has 3 aliphatic carbocycles. The van der Waals surface area contributed by atoms with E-state index in [9.17, 15) is 13.2 Å². The topological polar surface area (TPSA) is 83.5 Å². The lowest BCUT2D eigenvalue weighted by Crippen LogP contribution is -2.52. The standard InChI is InChI=1S/C20H27NO4S/c22-20(23)11-7-2-1-6-10-18-16-12-15(13-16)14-19(18)21-26(24,25)17-8-4-3-5-9-17/h1,3-6,8-9,15-16,18-19,21H,2,7,10-14H2,(H,22,23)/b6-1+. The maximum Gasteiger partial charge on any atom is 0.303 e. The normalized spacial score (nSPS) is 28.0. The van der Waals surface area contributed by atoms with Crippen LogP contribution in [0.15, 0.2) is 47.4 Å². The molecule has 3 aliphatic rings. The maximum atomic E-state index is 12.7. The Morgan fingerprint density at radius 1 is 1.15 bits per heavy atom. The minimum absolute atomic E-state index is 0.0126. The van der Waals surface area contributed by atoms with E-state index in [-0.39, 0.29) is 12.5 Å². The fourth-order valence-corrected chi connectivity index (χ4v) is 5.61. The molecular weight excluding hydrogens is 350 g/mol. The molecule has 2 N–H and O–H groups in total. The molecule has 6 heteroatoms. The van der Waals surface area contributed by atoms with E-state index in [1.54, 1.807) is 24.3 Å². The van der Waals surface area contributed by atoms with E-state index >= 15 is 0 Å². The first kappa shape index (κ1) is 19.1. The number of carbonyl (C=O) groups is 1. The van der Waals surface area contributed by atoms with Crippen LogP contribution >= 0.6 is 0 Å². The molecule has 3 saturated carbocycles. The second kappa shape index (κ2) is 8.35. The first-order valence-electron chi connectivity index (χ1n) is 9.40. The van der Waals surface area contributed by atoms with Gasteiger partial charge in [-0.05, 0) is 68.4 Å². The van der Waals surface area contributed by atoms with Crippen LogP contribution < -0.4 is 4.72 Å². The average Bonchev–Trinajstić information content (AvgIpc) is 2.58. The summed E-state index contributed by atoms with van der Waals surface area (Å²) in [5.41, 5.74) is 0. The number of benzene rings is 1. The highest BCUT2D eigenvalue weighted by molar-refractivity contribution is 7.89. The highest BCUT2D eigenvalue weighted by Gasteiger charge is 2.46. The van der Waals surface area contributed by atoms with Crippen LogP contribution in [0.1, 0.15) is 44.9 Å². The van der Waals surface area contributed by atoms with E-state index in [0.29, 0.717) is 29.1 Å². The number of hydrogen-bond donors (Lipinski definition) is 2. The van der Waals surface area contributed by atoms with Crippen molar-refractivity contribution < 1.29 is 18.3 Å². The third kappa shape index (κ3) is 4.74. The van der Waals surface area contributed by atoms with Gasteiger partial charge in [0, 0.05) is 12.5 Å². The molecule has 0 heterocycles. The number of rotatable bonds is 9. The van der Waals surface area contributed by atoms with Crippen molar-refractivity contribution in [3.05, 3.63) is 42.5 Å². The van der Waals surface area contributed by atoms with Gasteiger partial charge in [0.2, 0.25) is 10.0 Å². The Balaban J connectivity index is 1.59. The van der Waals surface area contributed by atoms with Gasteiger partial charge in [0.1, 0.15) is 0 Å². The lowest BCUT2D eigenvalue weighted by Gasteiger charge is -2.51. The van der Waals surface area contributed by atoms with Gasteiger partial charge in [-0.1, -0.05) is 30.4 Å². The van der Waals surface area contributed by atoms with Gasteiger partial charge in [-0.2, -0.15) is 0 Å². The molecular formula is C20H27NO4S. The zero-order valence-corrected chi connectivity index (χ0v) is 15.7. The molecule has 0 spiro atoms. The predicted molar refractivity (Wildman–Crippen MR) is 100 cm³/mol. The number of aliphatic carboxylic acids is 1. The molecule has 2 unspecified atom stereocenters. The van der Waals surface area contributed by atoms with Crippen LogP contribution in [-0.2, 0) is 14.8 Å². The number of allylic oxidation sites excluding steroid dienone is 2. The minimum atomic E-state index is -3.48. The molecule has 2 bridgehead atoms. The number of nitrogens with one attached hydrogen (secondary N) is 1. The van der Waals surface area contributed by atoms with Crippen molar-refractivity contribution in [1.82, 2.24) is 4.72 Å². The van der Waals surface area contributed by atoms with Crippen LogP contribution in [0.3, 0.4) is 0 Å². The van der Waals surface area contributed by atoms with Crippen molar-refractivity contribution in [2.75, 3.05) is 0 Å². The van der Waals surface area contributed by atoms with Gasteiger partial charge < -0.3 is 5.11 Å². The summed E-state index contributed by atoms with van der Waals surface area (Å²) < 4.78 is 28.3. The Morgan fingerprint density at radius 2 is 1.88 bits per heavy atom. The fourth-order valence-electron chi connectivity index (χ4n) is 4.29. The minimum Gasteiger partial charge on any atom is -0.481 e. The van der Waals surface area contributed by atoms with Crippen molar-refractivity contribution in [2.24, 2.45) is 17.8 Å². The van der Waals surface area contributed by atoms with Crippen molar-refractivity contribution in [3.8, 4) is 0 Å². The van der Waals surface area contributed by atoms with Gasteiger partial charge in [-0.25, -0.2) is 13.1 Å². The molecule has 142 valence electrons. The molecule has 5 nitrogen and oxygen atoms in total. The lowest BCUT2D eigenvalue weighted by molar-refractivity contribution is -0.137. The van der Waals surface area contributed by atoms with Crippen LogP contribution in [0.4, 0.5) is 0 Å². The summed E-state index contributed by atoms with van der Waals surface area (Å²) in [4.78, 5) is 10.9. The highest BCUT2D eigenvalue weighted by Crippen LogP contribution is 2.50. The quantitative estimate of drug-likeness (QED) is 0.509. The van der Waals surface area contributed by atoms with E-state index < -0.39 is 16.0 Å². The van der Waals surface area contributed by atoms with Gasteiger partial charge >= 0.3 is 5.97 Å². The first-order valence-corrected chi connectivity index (χ1v) is 10.9. The number of sulfonamides is 1. The molecule has 2 atom stereocenters. The Kier molecular flexibility index (Phi) is 6.14. The van der Waals surface area contributed by atoms with Crippen molar-refractivity contribution in [2.45, 2.75) is 55.9 Å². The van der Waals surface area contributed by atoms with Crippen LogP contribution in [0.25, 0.3) is 0 Å². The van der Waals surface area contributed by atoms with E-state index in [1.165, 1.54) is 12.8 Å². The predicted octanol–water partition coefficient (Wildman–Crippen LogP) is 3.58. The summed E-state index contributed by atoms with van der Waals surface area (Å²) in [6, 6.07) is 8.54. The summed E-state index contributed by atoms with van der Waals surface area (Å²) in [5, 5.41) is 8.66. The third-order valence-corrected chi connectivity index (χ3v) is 7.18. The number of carboxylic acids is 1. The Morgan fingerprint density at radius 3 is 2.58 bits per heavy atom. The number of carboxylic acid groups (broad SMARTS) is 1. The zero-order valence-electron chi connectivity index (χ0n) is 14.9. The van der Waals surface area contributed by atoms with Crippen molar-refractivity contribution >= 4 is 16.0 Å². The van der Waals surface area contributed by atoms with E-state index in [2.05, 4.69) is 10.8 Å². The fraction of sp³-hybridized carbons (Fsp3) is 0.550. The van der Waals surface area contributed by atoms with Crippen LogP contribution in [0.5, 0.6) is 0 Å². The summed E-state index contributed by atoms with van der Waals surface area (Å²) in [5.74, 6) is 0.816. The Labute approximate surface area is 155 Å². The third-order valence-electron chi connectivity index (χ3n) is 5.68. The summed E-state index contributed by atoms with van der Waals surface area (Å²) in [6.07, 6.45) is 9.93. The number of fused-ring (bicyclic) bond motifs is 2. The molecule has 3 fully saturated rings. The van der Waals surface area contributed by atoms with Gasteiger partial charge in [0.25, 0.3) is 0 Å². The second-order valence-corrected chi connectivity index (χ2v) is 9.24. The van der Waals surface area contributed by atoms with Crippen LogP contribution in [-0.4, -0.2) is 25.5 Å². The molecule has 0 saturated heterocycles. The zero-order chi connectivity index (χ0) is 18.6. The molecule has 0 aliphatic heterocycles. The molecule has 1 aromatic carbocycles. The SMILES string of the molecule is O=C(O)CCC/C=C/CC1C2CC(C2)CC1NS(=O)(=O)c1ccccc1. The van der Waals surface area contributed by atoms with E-state index in [0.717, 1.165) is 19.3 Å². The number of hydrogen-bond acceptors (Lipinski definition) is 3. The molecule has 1 aromatic rings. The second-order valence-electron chi connectivity index (χ2n) is 7.53. The molecule has 0 aromatic heterocycles. The largest absolute Gasteiger partial charge is 0.481 e. The molecule has 4 rings (SSSR count). The van der Waals surface area contributed by atoms with Crippen LogP contribution in [0, 0.1) is 17.8 Å². The van der Waals surface area contributed by atoms with Gasteiger partial charge in [0.15, 0.2) is 0 Å². The lowest BCUT2D eigenvalue weighted by atomic mass is 9.57. The number of unbranched alkanes of at least 4 members (excludes halogenated alkanes) is 1. The summed E-state index contributed by atoms with van der Waals surface area (Å²) in [6.45, 7) is 0. The average molecular weight is 378 g/mol. The van der Waals surface area contributed by atoms with Crippen LogP contribution in [0.2, 0.25) is 0 Å². The summed E-state index contributed by atoms with van der Waals surface area (Å²) >= 11 is 0. The summed E-state index contributed by atoms with van der Waals surface area (Å²) in [7, 11) is -3.48. The van der Waals surface area contributed by atoms with Crippen molar-refractivity contribution in [3.63, 3.8) is 0 Å². The van der Waals surface area contributed by atoms with E-state index in [1.807, 2.05) is 12.1 Å². The smallest absolute Gasteiger partial charge is 0.303 e. The van der Waals surface area contributed by atoms with Gasteiger partial charge in [-0.3, -0.25) is 4.79 Å². The maximum absolute atomic E-state index is 12.7. The van der Waals surface area contributed by atoms with Gasteiger partial charge in [-0.15, -0.1) is 0 Å². The molecule has 0 radical (unpaired) electrons. The molecule has 26 heavy (non-hydrogen) atoms. The first-order chi connectivity index (χ1) is 12.5. The Bertz CT molecular complexity index is 738. The molecule has 0 amide bonds.